The number of hydrogen-bond donors (Lipinski definition) is 0. The van der Waals surface area contributed by atoms with E-state index in [9.17, 15) is 0 Å². The lowest BCUT2D eigenvalue weighted by Gasteiger charge is -2.26. The van der Waals surface area contributed by atoms with Gasteiger partial charge < -0.3 is 4.90 Å². The van der Waals surface area contributed by atoms with Crippen LogP contribution in [0.4, 0.5) is 17.1 Å². The molecule has 1 aliphatic carbocycles. The Hall–Kier alpha value is -7.78. The molecular weight excluding hydrogens is 791 g/mol. The van der Waals surface area contributed by atoms with Crippen molar-refractivity contribution in [1.82, 2.24) is 0 Å². The largest absolute Gasteiger partial charge is 0.309 e. The smallest absolute Gasteiger partial charge is 0.0640 e. The Balaban J connectivity index is 0.993. The van der Waals surface area contributed by atoms with E-state index in [1.807, 2.05) is 11.3 Å². The van der Waals surface area contributed by atoms with Gasteiger partial charge in [-0.2, -0.15) is 0 Å². The van der Waals surface area contributed by atoms with E-state index >= 15 is 0 Å². The first-order valence-corrected chi connectivity index (χ1v) is 23.0. The minimum Gasteiger partial charge on any atom is -0.309 e. The van der Waals surface area contributed by atoms with Gasteiger partial charge in [0.2, 0.25) is 0 Å². The summed E-state index contributed by atoms with van der Waals surface area (Å²) in [5, 5.41) is 7.58. The molecule has 0 saturated heterocycles. The minimum absolute atomic E-state index is 1.04. The first-order chi connectivity index (χ1) is 31.7. The third kappa shape index (κ3) is 6.81. The molecule has 64 heavy (non-hydrogen) atoms. The SMILES string of the molecule is C1=CCCC(c2cc(-c3ccccc3)ccc2-c2ccc3sc4c(N(c5ccc(-c6cccc7ccccc67)cc5)c5ccc(-c6cccc7ccccc67)cc5)cccc4c3c2)=C1. The molecule has 12 rings (SSSR count). The van der Waals surface area contributed by atoms with Crippen LogP contribution in [0.3, 0.4) is 0 Å². The molecule has 0 aliphatic heterocycles. The number of anilines is 3. The Kier molecular flexibility index (Phi) is 9.58. The molecule has 1 heterocycles. The monoisotopic (exact) mass is 833 g/mol. The lowest BCUT2D eigenvalue weighted by molar-refractivity contribution is 1.05. The molecule has 10 aromatic carbocycles. The third-order valence-corrected chi connectivity index (χ3v) is 14.2. The van der Waals surface area contributed by atoms with E-state index in [0.29, 0.717) is 0 Å². The normalized spacial score (nSPS) is 12.6. The molecule has 1 nitrogen and oxygen atoms in total. The summed E-state index contributed by atoms with van der Waals surface area (Å²) in [7, 11) is 0. The van der Waals surface area contributed by atoms with Crippen molar-refractivity contribution in [2.24, 2.45) is 0 Å². The van der Waals surface area contributed by atoms with E-state index < -0.39 is 0 Å². The molecule has 0 unspecified atom stereocenters. The molecular formula is C62H43NS. The van der Waals surface area contributed by atoms with Crippen molar-refractivity contribution in [3.63, 3.8) is 0 Å². The number of fused-ring (bicyclic) bond motifs is 5. The van der Waals surface area contributed by atoms with Gasteiger partial charge >= 0.3 is 0 Å². The number of thiophene rings is 1. The van der Waals surface area contributed by atoms with Crippen molar-refractivity contribution in [3.05, 3.63) is 242 Å². The van der Waals surface area contributed by atoms with Crippen LogP contribution in [0.25, 0.3) is 91.8 Å². The zero-order chi connectivity index (χ0) is 42.4. The first kappa shape index (κ1) is 37.9. The molecule has 1 aliphatic rings. The van der Waals surface area contributed by atoms with Gasteiger partial charge in [-0.1, -0.05) is 188 Å². The van der Waals surface area contributed by atoms with Gasteiger partial charge in [0.1, 0.15) is 0 Å². The summed E-state index contributed by atoms with van der Waals surface area (Å²) >= 11 is 1.88. The van der Waals surface area contributed by atoms with E-state index in [2.05, 4.69) is 242 Å². The molecule has 11 aromatic rings. The molecule has 0 fully saturated rings. The Morgan fingerprint density at radius 1 is 0.375 bits per heavy atom. The number of nitrogens with zero attached hydrogens (tertiary/aromatic N) is 1. The number of allylic oxidation sites excluding steroid dienone is 4. The molecule has 0 radical (unpaired) electrons. The van der Waals surface area contributed by atoms with E-state index in [1.54, 1.807) is 0 Å². The summed E-state index contributed by atoms with van der Waals surface area (Å²) < 4.78 is 2.55. The van der Waals surface area contributed by atoms with E-state index in [1.165, 1.54) is 103 Å². The van der Waals surface area contributed by atoms with Crippen LogP contribution in [0, 0.1) is 0 Å². The summed E-state index contributed by atoms with van der Waals surface area (Å²) in [6.07, 6.45) is 8.89. The zero-order valence-electron chi connectivity index (χ0n) is 35.3. The third-order valence-electron chi connectivity index (χ3n) is 13.0. The number of benzene rings is 10. The standard InChI is InChI=1S/C62H43NS/c1-3-14-42(15-4-1)48-32-38-56(58(40-48)45-16-5-2-6-17-45)49-33-39-61-59(41-49)57-26-13-27-60(62(57)64-61)63(50-34-28-46(29-35-50)54-24-11-20-43-18-7-9-22-52(43)54)51-36-30-47(31-37-51)55-25-12-21-44-19-8-10-23-53(44)55/h1-5,7-16,18-41H,6,17H2. The minimum atomic E-state index is 1.04. The molecule has 2 heteroatoms. The van der Waals surface area contributed by atoms with Gasteiger partial charge in [0.05, 0.1) is 10.4 Å². The molecule has 0 atom stereocenters. The molecule has 0 spiro atoms. The van der Waals surface area contributed by atoms with E-state index in [-0.39, 0.29) is 0 Å². The van der Waals surface area contributed by atoms with Crippen LogP contribution in [0.15, 0.2) is 237 Å². The second-order valence-corrected chi connectivity index (χ2v) is 17.8. The molecule has 0 N–H and O–H groups in total. The second-order valence-electron chi connectivity index (χ2n) is 16.7. The predicted molar refractivity (Wildman–Crippen MR) is 277 cm³/mol. The lowest BCUT2D eigenvalue weighted by atomic mass is 9.87. The highest BCUT2D eigenvalue weighted by Gasteiger charge is 2.20. The van der Waals surface area contributed by atoms with Gasteiger partial charge in [-0.15, -0.1) is 11.3 Å². The van der Waals surface area contributed by atoms with Crippen LogP contribution in [0.5, 0.6) is 0 Å². The predicted octanol–water partition coefficient (Wildman–Crippen LogP) is 18.2. The topological polar surface area (TPSA) is 3.24 Å². The van der Waals surface area contributed by atoms with Gasteiger partial charge in [-0.05, 0) is 139 Å². The van der Waals surface area contributed by atoms with Gasteiger partial charge in [0, 0.05) is 26.8 Å². The Labute approximate surface area is 378 Å². The van der Waals surface area contributed by atoms with Crippen LogP contribution >= 0.6 is 11.3 Å². The zero-order valence-corrected chi connectivity index (χ0v) is 36.1. The van der Waals surface area contributed by atoms with Crippen molar-refractivity contribution in [2.75, 3.05) is 4.90 Å². The number of rotatable bonds is 8. The summed E-state index contributed by atoms with van der Waals surface area (Å²) in [5.41, 5.74) is 16.0. The summed E-state index contributed by atoms with van der Waals surface area (Å²) in [4.78, 5) is 2.45. The fraction of sp³-hybridized carbons (Fsp3) is 0.0323. The number of hydrogen-bond acceptors (Lipinski definition) is 2. The Morgan fingerprint density at radius 2 is 0.953 bits per heavy atom. The summed E-state index contributed by atoms with van der Waals surface area (Å²) in [5.74, 6) is 0. The van der Waals surface area contributed by atoms with Crippen LogP contribution in [-0.4, -0.2) is 0 Å². The summed E-state index contributed by atoms with van der Waals surface area (Å²) in [6.45, 7) is 0. The van der Waals surface area contributed by atoms with Crippen molar-refractivity contribution < 1.29 is 0 Å². The molecule has 302 valence electrons. The maximum atomic E-state index is 2.45. The highest BCUT2D eigenvalue weighted by Crippen LogP contribution is 2.47. The van der Waals surface area contributed by atoms with Gasteiger partial charge in [0.25, 0.3) is 0 Å². The average Bonchev–Trinajstić information content (AvgIpc) is 3.76. The summed E-state index contributed by atoms with van der Waals surface area (Å²) in [6, 6.07) is 80.5. The van der Waals surface area contributed by atoms with Gasteiger partial charge in [0.15, 0.2) is 0 Å². The van der Waals surface area contributed by atoms with Crippen molar-refractivity contribution >= 4 is 75.7 Å². The highest BCUT2D eigenvalue weighted by molar-refractivity contribution is 7.26. The van der Waals surface area contributed by atoms with Crippen molar-refractivity contribution in [2.45, 2.75) is 12.8 Å². The Bertz CT molecular complexity index is 3460. The molecule has 0 bridgehead atoms. The highest BCUT2D eigenvalue weighted by atomic mass is 32.1. The average molecular weight is 834 g/mol. The second kappa shape index (κ2) is 16.2. The molecule has 0 saturated carbocycles. The van der Waals surface area contributed by atoms with Gasteiger partial charge in [-0.3, -0.25) is 0 Å². The van der Waals surface area contributed by atoms with Crippen LogP contribution in [0.1, 0.15) is 18.4 Å². The fourth-order valence-electron chi connectivity index (χ4n) is 9.79. The van der Waals surface area contributed by atoms with E-state index in [4.69, 9.17) is 0 Å². The fourth-order valence-corrected chi connectivity index (χ4v) is 11.0. The van der Waals surface area contributed by atoms with Gasteiger partial charge in [-0.25, -0.2) is 0 Å². The maximum Gasteiger partial charge on any atom is 0.0640 e. The lowest BCUT2D eigenvalue weighted by Crippen LogP contribution is -2.10. The van der Waals surface area contributed by atoms with Crippen LogP contribution in [0.2, 0.25) is 0 Å². The van der Waals surface area contributed by atoms with Crippen LogP contribution in [-0.2, 0) is 0 Å². The van der Waals surface area contributed by atoms with Crippen LogP contribution < -0.4 is 4.90 Å². The Morgan fingerprint density at radius 3 is 1.61 bits per heavy atom. The van der Waals surface area contributed by atoms with Crippen molar-refractivity contribution in [1.29, 1.82) is 0 Å². The van der Waals surface area contributed by atoms with Crippen molar-refractivity contribution in [3.8, 4) is 44.5 Å². The first-order valence-electron chi connectivity index (χ1n) is 22.2. The van der Waals surface area contributed by atoms with E-state index in [0.717, 1.165) is 24.2 Å². The quantitative estimate of drug-likeness (QED) is 0.147. The molecule has 1 aromatic heterocycles. The maximum absolute atomic E-state index is 2.45. The molecule has 0 amide bonds.